The van der Waals surface area contributed by atoms with Crippen LogP contribution in [0.3, 0.4) is 0 Å². The molecule has 0 unspecified atom stereocenters. The first-order valence-electron chi connectivity index (χ1n) is 5.83. The van der Waals surface area contributed by atoms with Gasteiger partial charge in [0.2, 0.25) is 11.7 Å². The molecule has 0 radical (unpaired) electrons. The molecule has 20 heavy (non-hydrogen) atoms. The number of rotatable bonds is 8. The van der Waals surface area contributed by atoms with Gasteiger partial charge in [-0.1, -0.05) is 0 Å². The van der Waals surface area contributed by atoms with E-state index in [0.29, 0.717) is 0 Å². The summed E-state index contributed by atoms with van der Waals surface area (Å²) >= 11 is 0. The number of carboxylic acids is 1. The molecule has 0 spiro atoms. The molecule has 0 aliphatic carbocycles. The number of ketones is 1. The Balaban J connectivity index is 4.99. The number of nitrogens with one attached hydrogen (secondary N) is 1. The normalized spacial score (nSPS) is 18.5. The molecular weight excluding hydrogens is 274 g/mol. The number of carboxylic acid groups (broad SMARTS) is 1. The van der Waals surface area contributed by atoms with Gasteiger partial charge in [-0.05, 0) is 6.92 Å². The van der Waals surface area contributed by atoms with E-state index in [1.807, 2.05) is 0 Å². The van der Waals surface area contributed by atoms with Crippen LogP contribution in [0.2, 0.25) is 0 Å². The Morgan fingerprint density at radius 1 is 1.05 bits per heavy atom. The van der Waals surface area contributed by atoms with Gasteiger partial charge < -0.3 is 30.8 Å². The van der Waals surface area contributed by atoms with Gasteiger partial charge in [0, 0.05) is 13.3 Å². The van der Waals surface area contributed by atoms with E-state index in [0.717, 1.165) is 6.92 Å². The van der Waals surface area contributed by atoms with Crippen molar-refractivity contribution in [2.24, 2.45) is 0 Å². The molecule has 0 saturated heterocycles. The third-order valence-electron chi connectivity index (χ3n) is 2.63. The molecule has 0 saturated carbocycles. The second-order valence-corrected chi connectivity index (χ2v) is 4.45. The Kier molecular flexibility index (Phi) is 7.29. The fourth-order valence-electron chi connectivity index (χ4n) is 1.55. The van der Waals surface area contributed by atoms with Gasteiger partial charge in [-0.3, -0.25) is 9.59 Å². The predicted molar refractivity (Wildman–Crippen MR) is 64.6 cm³/mol. The second kappa shape index (κ2) is 7.90. The molecule has 0 heterocycles. The van der Waals surface area contributed by atoms with Crippen LogP contribution in [-0.4, -0.2) is 73.7 Å². The highest BCUT2D eigenvalue weighted by molar-refractivity contribution is 6.32. The first kappa shape index (κ1) is 18.4. The summed E-state index contributed by atoms with van der Waals surface area (Å²) in [5, 5.41) is 48.7. The highest BCUT2D eigenvalue weighted by Gasteiger charge is 2.36. The van der Waals surface area contributed by atoms with Crippen LogP contribution >= 0.6 is 0 Å². The van der Waals surface area contributed by atoms with Crippen molar-refractivity contribution in [1.82, 2.24) is 5.32 Å². The minimum absolute atomic E-state index is 0.673. The van der Waals surface area contributed by atoms with Crippen molar-refractivity contribution >= 4 is 17.7 Å². The molecule has 1 amide bonds. The Morgan fingerprint density at radius 3 is 1.90 bits per heavy atom. The third-order valence-corrected chi connectivity index (χ3v) is 2.63. The van der Waals surface area contributed by atoms with E-state index < -0.39 is 54.5 Å². The number of carbonyl (C=O) groups excluding carboxylic acids is 2. The first-order chi connectivity index (χ1) is 9.07. The van der Waals surface area contributed by atoms with Crippen LogP contribution < -0.4 is 5.32 Å². The largest absolute Gasteiger partial charge is 0.475 e. The lowest BCUT2D eigenvalue weighted by atomic mass is 9.94. The first-order valence-corrected chi connectivity index (χ1v) is 5.83. The Morgan fingerprint density at radius 2 is 1.55 bits per heavy atom. The SMILES string of the molecule is CC(=O)N[C@H]([C@@H](O)[C@@H](O)[C@H](C)O)[C@H](O)CC(=O)C(=O)O. The average molecular weight is 293 g/mol. The summed E-state index contributed by atoms with van der Waals surface area (Å²) in [6.45, 7) is 2.24. The smallest absolute Gasteiger partial charge is 0.372 e. The molecule has 0 aromatic heterocycles. The van der Waals surface area contributed by atoms with E-state index in [2.05, 4.69) is 5.32 Å². The molecule has 0 aromatic rings. The molecule has 9 heteroatoms. The van der Waals surface area contributed by atoms with Crippen LogP contribution in [0.5, 0.6) is 0 Å². The zero-order valence-electron chi connectivity index (χ0n) is 11.1. The van der Waals surface area contributed by atoms with Gasteiger partial charge in [-0.2, -0.15) is 0 Å². The molecule has 9 nitrogen and oxygen atoms in total. The zero-order valence-corrected chi connectivity index (χ0v) is 11.1. The number of hydrogen-bond acceptors (Lipinski definition) is 7. The minimum Gasteiger partial charge on any atom is -0.475 e. The quantitative estimate of drug-likeness (QED) is 0.258. The maximum absolute atomic E-state index is 11.0. The van der Waals surface area contributed by atoms with Gasteiger partial charge in [-0.15, -0.1) is 0 Å². The standard InChI is InChI=1S/C11H19NO8/c1-4(13)9(17)10(18)8(12-5(2)14)6(15)3-7(16)11(19)20/h4,6,8-10,13,15,17-18H,3H2,1-2H3,(H,12,14)(H,19,20)/t4-,6+,8-,9-,10+/m0/s1. The van der Waals surface area contributed by atoms with E-state index in [1.165, 1.54) is 6.92 Å². The van der Waals surface area contributed by atoms with Gasteiger partial charge in [0.05, 0.1) is 18.2 Å². The van der Waals surface area contributed by atoms with Gasteiger partial charge in [0.25, 0.3) is 0 Å². The van der Waals surface area contributed by atoms with Crippen LogP contribution in [0.25, 0.3) is 0 Å². The summed E-state index contributed by atoms with van der Waals surface area (Å²) < 4.78 is 0. The predicted octanol–water partition coefficient (Wildman–Crippen LogP) is -3.00. The molecule has 6 N–H and O–H groups in total. The number of aliphatic hydroxyl groups excluding tert-OH is 4. The minimum atomic E-state index is -1.78. The van der Waals surface area contributed by atoms with Crippen molar-refractivity contribution < 1.29 is 39.9 Å². The lowest BCUT2D eigenvalue weighted by Gasteiger charge is -2.31. The van der Waals surface area contributed by atoms with Gasteiger partial charge in [0.15, 0.2) is 0 Å². The van der Waals surface area contributed by atoms with Crippen molar-refractivity contribution in [3.05, 3.63) is 0 Å². The fourth-order valence-corrected chi connectivity index (χ4v) is 1.55. The maximum atomic E-state index is 11.0. The van der Waals surface area contributed by atoms with Gasteiger partial charge in [0.1, 0.15) is 12.2 Å². The van der Waals surface area contributed by atoms with Gasteiger partial charge in [-0.25, -0.2) is 4.79 Å². The summed E-state index contributed by atoms with van der Waals surface area (Å²) in [5.41, 5.74) is 0. The number of amides is 1. The van der Waals surface area contributed by atoms with E-state index in [1.54, 1.807) is 0 Å². The third kappa shape index (κ3) is 5.61. The summed E-state index contributed by atoms with van der Waals surface area (Å²) in [6.07, 6.45) is -7.42. The Bertz CT molecular complexity index is 369. The topological polar surface area (TPSA) is 164 Å². The molecule has 0 aromatic carbocycles. The number of Topliss-reactive ketones (excluding diaryl/α,β-unsaturated/α-hetero) is 1. The molecule has 0 aliphatic rings. The molecule has 0 bridgehead atoms. The molecule has 0 fully saturated rings. The average Bonchev–Trinajstić information content (AvgIpc) is 2.33. The number of aliphatic hydroxyl groups is 4. The van der Waals surface area contributed by atoms with E-state index in [9.17, 15) is 29.7 Å². The molecular formula is C11H19NO8. The number of aliphatic carboxylic acids is 1. The van der Waals surface area contributed by atoms with Crippen molar-refractivity contribution in [1.29, 1.82) is 0 Å². The second-order valence-electron chi connectivity index (χ2n) is 4.45. The summed E-state index contributed by atoms with van der Waals surface area (Å²) in [5.74, 6) is -3.75. The highest BCUT2D eigenvalue weighted by Crippen LogP contribution is 2.11. The van der Waals surface area contributed by atoms with Crippen LogP contribution in [0, 0.1) is 0 Å². The molecule has 0 rings (SSSR count). The van der Waals surface area contributed by atoms with Crippen molar-refractivity contribution in [2.45, 2.75) is 50.7 Å². The lowest BCUT2D eigenvalue weighted by Crippen LogP contribution is -2.57. The summed E-state index contributed by atoms with van der Waals surface area (Å²) in [6, 6.07) is -1.50. The van der Waals surface area contributed by atoms with E-state index in [-0.39, 0.29) is 0 Å². The van der Waals surface area contributed by atoms with Crippen molar-refractivity contribution in [3.8, 4) is 0 Å². The lowest BCUT2D eigenvalue weighted by molar-refractivity contribution is -0.151. The van der Waals surface area contributed by atoms with Gasteiger partial charge >= 0.3 is 5.97 Å². The summed E-state index contributed by atoms with van der Waals surface area (Å²) in [4.78, 5) is 32.4. The zero-order chi connectivity index (χ0) is 16.0. The van der Waals surface area contributed by atoms with E-state index >= 15 is 0 Å². The van der Waals surface area contributed by atoms with Crippen LogP contribution in [-0.2, 0) is 14.4 Å². The summed E-state index contributed by atoms with van der Waals surface area (Å²) in [7, 11) is 0. The number of hydrogen-bond donors (Lipinski definition) is 6. The molecule has 5 atom stereocenters. The van der Waals surface area contributed by atoms with Crippen LogP contribution in [0.4, 0.5) is 0 Å². The maximum Gasteiger partial charge on any atom is 0.372 e. The van der Waals surface area contributed by atoms with E-state index in [4.69, 9.17) is 10.2 Å². The molecule has 116 valence electrons. The fraction of sp³-hybridized carbons (Fsp3) is 0.727. The molecule has 0 aliphatic heterocycles. The highest BCUT2D eigenvalue weighted by atomic mass is 16.4. The monoisotopic (exact) mass is 293 g/mol. The van der Waals surface area contributed by atoms with Crippen LogP contribution in [0.1, 0.15) is 20.3 Å². The van der Waals surface area contributed by atoms with Crippen LogP contribution in [0.15, 0.2) is 0 Å². The number of carbonyl (C=O) groups is 3. The van der Waals surface area contributed by atoms with Crippen molar-refractivity contribution in [3.63, 3.8) is 0 Å². The van der Waals surface area contributed by atoms with Crippen molar-refractivity contribution in [2.75, 3.05) is 0 Å². The Labute approximate surface area is 114 Å². The Hall–Kier alpha value is -1.55.